The normalized spacial score (nSPS) is 17.6. The lowest BCUT2D eigenvalue weighted by Gasteiger charge is -2.14. The number of nitrogens with one attached hydrogen (secondary N) is 1. The second-order valence-corrected chi connectivity index (χ2v) is 5.37. The quantitative estimate of drug-likeness (QED) is 0.821. The van der Waals surface area contributed by atoms with Crippen LogP contribution in [-0.2, 0) is 4.79 Å². The summed E-state index contributed by atoms with van der Waals surface area (Å²) in [6, 6.07) is 8.06. The summed E-state index contributed by atoms with van der Waals surface area (Å²) in [5.74, 6) is 1.26. The number of ether oxygens (including phenoxy) is 1. The lowest BCUT2D eigenvalue weighted by atomic mass is 9.98. The minimum absolute atomic E-state index is 0.00516. The number of amides is 1. The molecule has 2 rings (SSSR count). The van der Waals surface area contributed by atoms with E-state index in [4.69, 9.17) is 10.5 Å². The van der Waals surface area contributed by atoms with Gasteiger partial charge in [0.2, 0.25) is 5.91 Å². The number of hydrogen-bond donors (Lipinski definition) is 2. The van der Waals surface area contributed by atoms with Crippen LogP contribution in [-0.4, -0.2) is 25.1 Å². The minimum Gasteiger partial charge on any atom is -0.497 e. The highest BCUT2D eigenvalue weighted by atomic mass is 16.5. The first-order valence-corrected chi connectivity index (χ1v) is 6.76. The van der Waals surface area contributed by atoms with Crippen molar-refractivity contribution in [2.75, 3.05) is 13.7 Å². The molecule has 0 saturated heterocycles. The molecule has 1 aliphatic rings. The summed E-state index contributed by atoms with van der Waals surface area (Å²) in [5.41, 5.74) is 6.51. The van der Waals surface area contributed by atoms with Gasteiger partial charge in [-0.3, -0.25) is 4.79 Å². The van der Waals surface area contributed by atoms with E-state index in [0.29, 0.717) is 12.5 Å². The van der Waals surface area contributed by atoms with Crippen LogP contribution in [0.5, 0.6) is 5.75 Å². The van der Waals surface area contributed by atoms with E-state index < -0.39 is 5.54 Å². The Morgan fingerprint density at radius 1 is 1.42 bits per heavy atom. The lowest BCUT2D eigenvalue weighted by Crippen LogP contribution is -2.43. The van der Waals surface area contributed by atoms with Crippen molar-refractivity contribution in [3.05, 3.63) is 29.8 Å². The minimum atomic E-state index is -0.566. The molecule has 1 amide bonds. The average Bonchev–Trinajstić information content (AvgIpc) is 3.18. The van der Waals surface area contributed by atoms with Crippen molar-refractivity contribution in [1.82, 2.24) is 5.32 Å². The first kappa shape index (κ1) is 13.9. The Hall–Kier alpha value is -1.55. The fraction of sp³-hybridized carbons (Fsp3) is 0.533. The van der Waals surface area contributed by atoms with Crippen LogP contribution in [0.3, 0.4) is 0 Å². The van der Waals surface area contributed by atoms with E-state index in [9.17, 15) is 4.79 Å². The molecule has 0 heterocycles. The van der Waals surface area contributed by atoms with Gasteiger partial charge in [-0.05, 0) is 42.9 Å². The van der Waals surface area contributed by atoms with Crippen LogP contribution >= 0.6 is 0 Å². The predicted molar refractivity (Wildman–Crippen MR) is 75.2 cm³/mol. The van der Waals surface area contributed by atoms with E-state index in [1.807, 2.05) is 12.1 Å². The van der Waals surface area contributed by atoms with Crippen molar-refractivity contribution in [2.45, 2.75) is 37.6 Å². The number of methoxy groups -OCH3 is 1. The van der Waals surface area contributed by atoms with E-state index in [1.54, 1.807) is 7.11 Å². The molecule has 1 atom stereocenters. The summed E-state index contributed by atoms with van der Waals surface area (Å²) in [6.45, 7) is 2.83. The Balaban J connectivity index is 1.77. The van der Waals surface area contributed by atoms with Crippen LogP contribution in [0.25, 0.3) is 0 Å². The van der Waals surface area contributed by atoms with Crippen molar-refractivity contribution < 1.29 is 9.53 Å². The fourth-order valence-corrected chi connectivity index (χ4v) is 2.04. The maximum absolute atomic E-state index is 11.7. The number of carbonyl (C=O) groups excluding carboxylic acids is 1. The van der Waals surface area contributed by atoms with Crippen molar-refractivity contribution in [2.24, 2.45) is 5.73 Å². The standard InChI is InChI=1S/C15H22N2O2/c1-11(12-3-5-13(19-2)6-4-12)7-10-17-14(18)15(16)8-9-15/h3-6,11H,7-10,16H2,1-2H3,(H,17,18). The Labute approximate surface area is 114 Å². The predicted octanol–water partition coefficient (Wildman–Crippen LogP) is 1.80. The second kappa shape index (κ2) is 5.61. The maximum Gasteiger partial charge on any atom is 0.240 e. The Kier molecular flexibility index (Phi) is 4.10. The molecule has 1 aromatic carbocycles. The highest BCUT2D eigenvalue weighted by Gasteiger charge is 2.45. The molecule has 1 aromatic rings. The summed E-state index contributed by atoms with van der Waals surface area (Å²) in [4.78, 5) is 11.7. The van der Waals surface area contributed by atoms with E-state index in [1.165, 1.54) is 5.56 Å². The van der Waals surface area contributed by atoms with Crippen LogP contribution in [0, 0.1) is 0 Å². The van der Waals surface area contributed by atoms with Gasteiger partial charge in [-0.2, -0.15) is 0 Å². The van der Waals surface area contributed by atoms with E-state index in [2.05, 4.69) is 24.4 Å². The zero-order valence-electron chi connectivity index (χ0n) is 11.6. The zero-order valence-corrected chi connectivity index (χ0v) is 11.6. The molecule has 1 unspecified atom stereocenters. The topological polar surface area (TPSA) is 64.3 Å². The maximum atomic E-state index is 11.7. The van der Waals surface area contributed by atoms with Gasteiger partial charge in [0.05, 0.1) is 12.6 Å². The van der Waals surface area contributed by atoms with Gasteiger partial charge in [0.25, 0.3) is 0 Å². The molecule has 1 aliphatic carbocycles. The molecule has 3 N–H and O–H groups in total. The molecule has 19 heavy (non-hydrogen) atoms. The first-order valence-electron chi connectivity index (χ1n) is 6.76. The molecule has 0 aliphatic heterocycles. The third-order valence-electron chi connectivity index (χ3n) is 3.79. The fourth-order valence-electron chi connectivity index (χ4n) is 2.04. The van der Waals surface area contributed by atoms with Crippen molar-refractivity contribution in [3.8, 4) is 5.75 Å². The largest absolute Gasteiger partial charge is 0.497 e. The highest BCUT2D eigenvalue weighted by Crippen LogP contribution is 2.32. The molecule has 104 valence electrons. The van der Waals surface area contributed by atoms with E-state index in [-0.39, 0.29) is 5.91 Å². The summed E-state index contributed by atoms with van der Waals surface area (Å²) in [5, 5.41) is 2.92. The summed E-state index contributed by atoms with van der Waals surface area (Å²) in [6.07, 6.45) is 2.54. The first-order chi connectivity index (χ1) is 9.05. The molecular weight excluding hydrogens is 240 g/mol. The second-order valence-electron chi connectivity index (χ2n) is 5.37. The van der Waals surface area contributed by atoms with Gasteiger partial charge in [-0.15, -0.1) is 0 Å². The van der Waals surface area contributed by atoms with Crippen molar-refractivity contribution in [3.63, 3.8) is 0 Å². The van der Waals surface area contributed by atoms with Crippen LogP contribution in [0.4, 0.5) is 0 Å². The van der Waals surface area contributed by atoms with Gasteiger partial charge in [0.1, 0.15) is 5.75 Å². The lowest BCUT2D eigenvalue weighted by molar-refractivity contribution is -0.123. The molecule has 0 bridgehead atoms. The third-order valence-corrected chi connectivity index (χ3v) is 3.79. The van der Waals surface area contributed by atoms with Crippen LogP contribution in [0.15, 0.2) is 24.3 Å². The molecule has 0 radical (unpaired) electrons. The average molecular weight is 262 g/mol. The Bertz CT molecular complexity index is 438. The van der Waals surface area contributed by atoms with Crippen LogP contribution in [0.1, 0.15) is 37.7 Å². The summed E-state index contributed by atoms with van der Waals surface area (Å²) in [7, 11) is 1.66. The molecule has 0 aromatic heterocycles. The molecular formula is C15H22N2O2. The SMILES string of the molecule is COc1ccc(C(C)CCNC(=O)C2(N)CC2)cc1. The van der Waals surface area contributed by atoms with Crippen molar-refractivity contribution >= 4 is 5.91 Å². The molecule has 4 heteroatoms. The number of carbonyl (C=O) groups is 1. The summed E-state index contributed by atoms with van der Waals surface area (Å²) < 4.78 is 5.14. The van der Waals surface area contributed by atoms with Crippen LogP contribution < -0.4 is 15.8 Å². The summed E-state index contributed by atoms with van der Waals surface area (Å²) >= 11 is 0. The molecule has 0 spiro atoms. The number of benzene rings is 1. The van der Waals surface area contributed by atoms with Crippen molar-refractivity contribution in [1.29, 1.82) is 0 Å². The van der Waals surface area contributed by atoms with Gasteiger partial charge < -0.3 is 15.8 Å². The molecule has 1 saturated carbocycles. The van der Waals surface area contributed by atoms with Gasteiger partial charge >= 0.3 is 0 Å². The highest BCUT2D eigenvalue weighted by molar-refractivity contribution is 5.88. The molecule has 4 nitrogen and oxygen atoms in total. The van der Waals surface area contributed by atoms with E-state index in [0.717, 1.165) is 25.0 Å². The number of rotatable bonds is 6. The number of hydrogen-bond acceptors (Lipinski definition) is 3. The van der Waals surface area contributed by atoms with Gasteiger partial charge in [-0.25, -0.2) is 0 Å². The monoisotopic (exact) mass is 262 g/mol. The van der Waals surface area contributed by atoms with Gasteiger partial charge in [-0.1, -0.05) is 19.1 Å². The Morgan fingerprint density at radius 2 is 2.05 bits per heavy atom. The van der Waals surface area contributed by atoms with E-state index >= 15 is 0 Å². The zero-order chi connectivity index (χ0) is 13.9. The molecule has 1 fully saturated rings. The van der Waals surface area contributed by atoms with Gasteiger partial charge in [0, 0.05) is 6.54 Å². The number of nitrogens with two attached hydrogens (primary N) is 1. The van der Waals surface area contributed by atoms with Gasteiger partial charge in [0.15, 0.2) is 0 Å². The Morgan fingerprint density at radius 3 is 2.58 bits per heavy atom. The van der Waals surface area contributed by atoms with Crippen LogP contribution in [0.2, 0.25) is 0 Å². The smallest absolute Gasteiger partial charge is 0.240 e. The third kappa shape index (κ3) is 3.47.